The fourth-order valence-electron chi connectivity index (χ4n) is 1.66. The molecule has 0 aromatic carbocycles. The molecular formula is C14H22N2O. The van der Waals surface area contributed by atoms with E-state index in [-0.39, 0.29) is 11.3 Å². The molecule has 3 heteroatoms. The highest BCUT2D eigenvalue weighted by atomic mass is 16.2. The Labute approximate surface area is 104 Å². The Morgan fingerprint density at radius 1 is 1.24 bits per heavy atom. The van der Waals surface area contributed by atoms with E-state index >= 15 is 0 Å². The summed E-state index contributed by atoms with van der Waals surface area (Å²) in [4.78, 5) is 18.2. The molecule has 1 heterocycles. The average Bonchev–Trinajstić information content (AvgIpc) is 2.29. The Morgan fingerprint density at radius 3 is 2.18 bits per heavy atom. The highest BCUT2D eigenvalue weighted by Crippen LogP contribution is 2.19. The van der Waals surface area contributed by atoms with Crippen molar-refractivity contribution >= 4 is 5.91 Å². The lowest BCUT2D eigenvalue weighted by Crippen LogP contribution is -2.30. The van der Waals surface area contributed by atoms with Gasteiger partial charge in [0.25, 0.3) is 5.91 Å². The largest absolute Gasteiger partial charge is 0.339 e. The second-order valence-corrected chi connectivity index (χ2v) is 5.16. The quantitative estimate of drug-likeness (QED) is 0.805. The summed E-state index contributed by atoms with van der Waals surface area (Å²) in [6, 6.07) is 3.81. The zero-order valence-electron chi connectivity index (χ0n) is 11.4. The fourth-order valence-corrected chi connectivity index (χ4v) is 1.66. The van der Waals surface area contributed by atoms with Gasteiger partial charge in [-0.05, 0) is 26.0 Å². The lowest BCUT2D eigenvalue weighted by atomic mass is 9.91. The summed E-state index contributed by atoms with van der Waals surface area (Å²) in [5.74, 6) is 0.0583. The van der Waals surface area contributed by atoms with Crippen molar-refractivity contribution in [1.29, 1.82) is 0 Å². The number of hydrogen-bond donors (Lipinski definition) is 0. The van der Waals surface area contributed by atoms with Crippen molar-refractivity contribution in [2.24, 2.45) is 0 Å². The Bertz CT molecular complexity index is 372. The monoisotopic (exact) mass is 234 g/mol. The first kappa shape index (κ1) is 13.7. The first-order valence-electron chi connectivity index (χ1n) is 6.16. The van der Waals surface area contributed by atoms with Crippen LogP contribution in [0.25, 0.3) is 0 Å². The van der Waals surface area contributed by atoms with E-state index in [0.29, 0.717) is 5.56 Å². The Hall–Kier alpha value is -1.38. The molecule has 0 N–H and O–H groups in total. The molecule has 1 rings (SSSR count). The molecular weight excluding hydrogens is 212 g/mol. The van der Waals surface area contributed by atoms with Gasteiger partial charge < -0.3 is 4.90 Å². The third-order valence-electron chi connectivity index (χ3n) is 2.83. The van der Waals surface area contributed by atoms with Crippen LogP contribution in [-0.2, 0) is 5.41 Å². The van der Waals surface area contributed by atoms with Crippen molar-refractivity contribution in [1.82, 2.24) is 9.88 Å². The van der Waals surface area contributed by atoms with E-state index in [1.54, 1.807) is 11.1 Å². The summed E-state index contributed by atoms with van der Waals surface area (Å²) in [5.41, 5.74) is 1.70. The van der Waals surface area contributed by atoms with Gasteiger partial charge in [0.2, 0.25) is 0 Å². The SMILES string of the molecule is CCN(CC)C(=O)c1ccc(C(C)(C)C)nc1. The molecule has 1 amide bonds. The first-order chi connectivity index (χ1) is 7.90. The maximum absolute atomic E-state index is 12.1. The van der Waals surface area contributed by atoms with Crippen LogP contribution in [0.3, 0.4) is 0 Å². The van der Waals surface area contributed by atoms with Crippen LogP contribution < -0.4 is 0 Å². The molecule has 3 nitrogen and oxygen atoms in total. The van der Waals surface area contributed by atoms with Crippen LogP contribution in [0.2, 0.25) is 0 Å². The molecule has 0 saturated heterocycles. The smallest absolute Gasteiger partial charge is 0.255 e. The van der Waals surface area contributed by atoms with Gasteiger partial charge in [0.05, 0.1) is 5.56 Å². The number of carbonyl (C=O) groups is 1. The Balaban J connectivity index is 2.91. The van der Waals surface area contributed by atoms with Gasteiger partial charge in [0, 0.05) is 30.4 Å². The van der Waals surface area contributed by atoms with E-state index in [1.807, 2.05) is 26.0 Å². The summed E-state index contributed by atoms with van der Waals surface area (Å²) in [6.45, 7) is 11.8. The molecule has 0 fully saturated rings. The van der Waals surface area contributed by atoms with E-state index in [0.717, 1.165) is 18.8 Å². The zero-order valence-corrected chi connectivity index (χ0v) is 11.4. The highest BCUT2D eigenvalue weighted by molar-refractivity contribution is 5.93. The Morgan fingerprint density at radius 2 is 1.82 bits per heavy atom. The van der Waals surface area contributed by atoms with Gasteiger partial charge in [0.1, 0.15) is 0 Å². The second kappa shape index (κ2) is 5.30. The number of hydrogen-bond acceptors (Lipinski definition) is 2. The van der Waals surface area contributed by atoms with Gasteiger partial charge in [-0.25, -0.2) is 0 Å². The number of nitrogens with zero attached hydrogens (tertiary/aromatic N) is 2. The van der Waals surface area contributed by atoms with E-state index in [1.165, 1.54) is 0 Å². The van der Waals surface area contributed by atoms with Gasteiger partial charge in [0.15, 0.2) is 0 Å². The lowest BCUT2D eigenvalue weighted by Gasteiger charge is -2.20. The van der Waals surface area contributed by atoms with Crippen LogP contribution in [0.1, 0.15) is 50.7 Å². The van der Waals surface area contributed by atoms with Gasteiger partial charge in [-0.1, -0.05) is 20.8 Å². The van der Waals surface area contributed by atoms with Gasteiger partial charge >= 0.3 is 0 Å². The number of amides is 1. The van der Waals surface area contributed by atoms with Crippen LogP contribution in [-0.4, -0.2) is 28.9 Å². The number of rotatable bonds is 3. The topological polar surface area (TPSA) is 33.2 Å². The summed E-state index contributed by atoms with van der Waals surface area (Å²) in [5, 5.41) is 0. The maximum atomic E-state index is 12.1. The summed E-state index contributed by atoms with van der Waals surface area (Å²) in [6.07, 6.45) is 1.68. The molecule has 94 valence electrons. The molecule has 0 aliphatic heterocycles. The Kier molecular flexibility index (Phi) is 4.27. The van der Waals surface area contributed by atoms with Crippen molar-refractivity contribution in [3.05, 3.63) is 29.6 Å². The van der Waals surface area contributed by atoms with E-state index in [4.69, 9.17) is 0 Å². The zero-order chi connectivity index (χ0) is 13.1. The van der Waals surface area contributed by atoms with Crippen LogP contribution in [0.4, 0.5) is 0 Å². The molecule has 0 unspecified atom stereocenters. The van der Waals surface area contributed by atoms with E-state index in [9.17, 15) is 4.79 Å². The molecule has 1 aromatic rings. The molecule has 0 bridgehead atoms. The van der Waals surface area contributed by atoms with E-state index < -0.39 is 0 Å². The minimum Gasteiger partial charge on any atom is -0.339 e. The summed E-state index contributed by atoms with van der Waals surface area (Å²) < 4.78 is 0. The molecule has 0 atom stereocenters. The molecule has 0 saturated carbocycles. The second-order valence-electron chi connectivity index (χ2n) is 5.16. The van der Waals surface area contributed by atoms with Crippen molar-refractivity contribution in [2.75, 3.05) is 13.1 Å². The summed E-state index contributed by atoms with van der Waals surface area (Å²) in [7, 11) is 0. The van der Waals surface area contributed by atoms with Crippen LogP contribution in [0.5, 0.6) is 0 Å². The van der Waals surface area contributed by atoms with Gasteiger partial charge in [-0.15, -0.1) is 0 Å². The molecule has 0 aliphatic carbocycles. The third kappa shape index (κ3) is 3.29. The molecule has 0 spiro atoms. The predicted octanol–water partition coefficient (Wildman–Crippen LogP) is 2.86. The van der Waals surface area contributed by atoms with Crippen molar-refractivity contribution < 1.29 is 4.79 Å². The number of aromatic nitrogens is 1. The minimum absolute atomic E-state index is 0.0246. The highest BCUT2D eigenvalue weighted by Gasteiger charge is 2.17. The fraction of sp³-hybridized carbons (Fsp3) is 0.571. The van der Waals surface area contributed by atoms with Gasteiger partial charge in [-0.2, -0.15) is 0 Å². The normalized spacial score (nSPS) is 11.4. The predicted molar refractivity (Wildman–Crippen MR) is 70.2 cm³/mol. The summed E-state index contributed by atoms with van der Waals surface area (Å²) >= 11 is 0. The van der Waals surface area contributed by atoms with Crippen LogP contribution in [0, 0.1) is 0 Å². The van der Waals surface area contributed by atoms with Gasteiger partial charge in [-0.3, -0.25) is 9.78 Å². The first-order valence-corrected chi connectivity index (χ1v) is 6.16. The number of carbonyl (C=O) groups excluding carboxylic acids is 1. The minimum atomic E-state index is 0.0246. The molecule has 0 radical (unpaired) electrons. The third-order valence-corrected chi connectivity index (χ3v) is 2.83. The molecule has 1 aromatic heterocycles. The van der Waals surface area contributed by atoms with Crippen molar-refractivity contribution in [3.8, 4) is 0 Å². The standard InChI is InChI=1S/C14H22N2O/c1-6-16(7-2)13(17)11-8-9-12(15-10-11)14(3,4)5/h8-10H,6-7H2,1-5H3. The average molecular weight is 234 g/mol. The van der Waals surface area contributed by atoms with E-state index in [2.05, 4.69) is 25.8 Å². The van der Waals surface area contributed by atoms with Crippen molar-refractivity contribution in [2.45, 2.75) is 40.0 Å². The van der Waals surface area contributed by atoms with Crippen LogP contribution >= 0.6 is 0 Å². The van der Waals surface area contributed by atoms with Crippen LogP contribution in [0.15, 0.2) is 18.3 Å². The molecule has 0 aliphatic rings. The van der Waals surface area contributed by atoms with Crippen molar-refractivity contribution in [3.63, 3.8) is 0 Å². The lowest BCUT2D eigenvalue weighted by molar-refractivity contribution is 0.0772. The maximum Gasteiger partial charge on any atom is 0.255 e. The number of pyridine rings is 1. The molecule has 17 heavy (non-hydrogen) atoms.